The molecular weight excluding hydrogens is 463 g/mol. The molecular formula is C18H11F5N4O4S. The Morgan fingerprint density at radius 2 is 1.66 bits per heavy atom. The first-order valence-electron chi connectivity index (χ1n) is 8.43. The highest BCUT2D eigenvalue weighted by atomic mass is 32.2. The molecule has 0 radical (unpaired) electrons. The first-order valence-corrected chi connectivity index (χ1v) is 9.84. The first-order chi connectivity index (χ1) is 14.9. The third-order valence-corrected chi connectivity index (χ3v) is 4.46. The van der Waals surface area contributed by atoms with E-state index >= 15 is 0 Å². The van der Waals surface area contributed by atoms with Crippen molar-refractivity contribution in [1.82, 2.24) is 14.7 Å². The number of carbonyl (C=O) groups excluding carboxylic acids is 1. The molecule has 8 nitrogen and oxygen atoms in total. The molecule has 3 rings (SSSR count). The van der Waals surface area contributed by atoms with Gasteiger partial charge in [-0.1, -0.05) is 30.3 Å². The highest BCUT2D eigenvalue weighted by Gasteiger charge is 2.34. The van der Waals surface area contributed by atoms with Crippen molar-refractivity contribution in [3.05, 3.63) is 71.9 Å². The molecule has 0 spiro atoms. The van der Waals surface area contributed by atoms with Crippen LogP contribution >= 0.6 is 0 Å². The number of alkyl halides is 3. The maximum absolute atomic E-state index is 13.5. The van der Waals surface area contributed by atoms with Crippen LogP contribution in [0.1, 0.15) is 5.69 Å². The molecule has 0 aliphatic carbocycles. The standard InChI is InChI=1S/C18H11F5N4O4S/c19-11-6-7-14(12(20)8-11)31-32(29,30)27-17(28)26-16-24-13(10-4-2-1-3-5-10)9-15(25-16)18(21,22)23/h1-9H,(H2,24,25,26,27,28). The van der Waals surface area contributed by atoms with Crippen molar-refractivity contribution < 1.29 is 39.3 Å². The van der Waals surface area contributed by atoms with Crippen LogP contribution in [0.3, 0.4) is 0 Å². The predicted molar refractivity (Wildman–Crippen MR) is 101 cm³/mol. The monoisotopic (exact) mass is 474 g/mol. The maximum Gasteiger partial charge on any atom is 0.433 e. The molecule has 3 aromatic rings. The van der Waals surface area contributed by atoms with Crippen LogP contribution in [0.2, 0.25) is 0 Å². The van der Waals surface area contributed by atoms with Gasteiger partial charge < -0.3 is 4.18 Å². The Morgan fingerprint density at radius 3 is 2.28 bits per heavy atom. The summed E-state index contributed by atoms with van der Waals surface area (Å²) in [5.74, 6) is -4.16. The maximum atomic E-state index is 13.5. The molecule has 168 valence electrons. The van der Waals surface area contributed by atoms with Gasteiger partial charge in [0.25, 0.3) is 0 Å². The van der Waals surface area contributed by atoms with Crippen LogP contribution in [-0.4, -0.2) is 24.4 Å². The molecule has 2 aromatic carbocycles. The number of urea groups is 1. The Kier molecular flexibility index (Phi) is 6.25. The number of anilines is 1. The number of halogens is 5. The van der Waals surface area contributed by atoms with Crippen LogP contribution in [0.4, 0.5) is 32.7 Å². The second-order valence-electron chi connectivity index (χ2n) is 5.99. The van der Waals surface area contributed by atoms with Gasteiger partial charge in [0.2, 0.25) is 5.95 Å². The van der Waals surface area contributed by atoms with Crippen molar-refractivity contribution in [2.75, 3.05) is 5.32 Å². The number of rotatable bonds is 5. The van der Waals surface area contributed by atoms with Crippen LogP contribution in [0.25, 0.3) is 11.3 Å². The molecule has 14 heteroatoms. The normalized spacial score (nSPS) is 11.7. The lowest BCUT2D eigenvalue weighted by atomic mass is 10.1. The summed E-state index contributed by atoms with van der Waals surface area (Å²) in [5, 5.41) is 1.75. The molecule has 0 unspecified atom stereocenters. The minimum absolute atomic E-state index is 0.198. The van der Waals surface area contributed by atoms with Crippen molar-refractivity contribution >= 4 is 22.3 Å². The fraction of sp³-hybridized carbons (Fsp3) is 0.0556. The van der Waals surface area contributed by atoms with Crippen molar-refractivity contribution in [3.63, 3.8) is 0 Å². The Hall–Kier alpha value is -3.81. The SMILES string of the molecule is O=C(Nc1nc(-c2ccccc2)cc(C(F)(F)F)n1)NS(=O)(=O)Oc1ccc(F)cc1F. The van der Waals surface area contributed by atoms with Gasteiger partial charge in [-0.3, -0.25) is 5.32 Å². The van der Waals surface area contributed by atoms with E-state index in [1.54, 1.807) is 23.5 Å². The Labute approximate surface area is 177 Å². The topological polar surface area (TPSA) is 110 Å². The third kappa shape index (κ3) is 5.87. The van der Waals surface area contributed by atoms with Crippen molar-refractivity contribution in [1.29, 1.82) is 0 Å². The van der Waals surface area contributed by atoms with Gasteiger partial charge in [0, 0.05) is 11.6 Å². The number of amides is 2. The summed E-state index contributed by atoms with van der Waals surface area (Å²) >= 11 is 0. The summed E-state index contributed by atoms with van der Waals surface area (Å²) < 4.78 is 95.3. The summed E-state index contributed by atoms with van der Waals surface area (Å²) in [5.41, 5.74) is -1.32. The average Bonchev–Trinajstić information content (AvgIpc) is 2.69. The lowest BCUT2D eigenvalue weighted by Gasteiger charge is -2.12. The minimum atomic E-state index is -4.99. The quantitative estimate of drug-likeness (QED) is 0.543. The van der Waals surface area contributed by atoms with E-state index in [1.165, 1.54) is 16.9 Å². The van der Waals surface area contributed by atoms with Crippen molar-refractivity contribution in [3.8, 4) is 17.0 Å². The molecule has 0 saturated heterocycles. The lowest BCUT2D eigenvalue weighted by Crippen LogP contribution is -2.37. The fourth-order valence-electron chi connectivity index (χ4n) is 2.33. The minimum Gasteiger partial charge on any atom is -0.364 e. The van der Waals surface area contributed by atoms with Gasteiger partial charge in [-0.25, -0.2) is 28.3 Å². The zero-order valence-electron chi connectivity index (χ0n) is 15.5. The fourth-order valence-corrected chi connectivity index (χ4v) is 3.02. The molecule has 1 aromatic heterocycles. The molecule has 1 heterocycles. The highest BCUT2D eigenvalue weighted by molar-refractivity contribution is 7.85. The van der Waals surface area contributed by atoms with E-state index in [-0.39, 0.29) is 11.3 Å². The van der Waals surface area contributed by atoms with E-state index in [1.807, 2.05) is 0 Å². The molecule has 0 bridgehead atoms. The van der Waals surface area contributed by atoms with E-state index in [9.17, 15) is 35.2 Å². The summed E-state index contributed by atoms with van der Waals surface area (Å²) in [6.07, 6.45) is -4.89. The number of carbonyl (C=O) groups is 1. The smallest absolute Gasteiger partial charge is 0.364 e. The van der Waals surface area contributed by atoms with Gasteiger partial charge in [0.15, 0.2) is 17.3 Å². The van der Waals surface area contributed by atoms with Crippen molar-refractivity contribution in [2.45, 2.75) is 6.18 Å². The summed E-state index contributed by atoms with van der Waals surface area (Å²) in [6, 6.07) is 8.39. The molecule has 0 aliphatic heterocycles. The zero-order valence-corrected chi connectivity index (χ0v) is 16.3. The number of benzene rings is 2. The van der Waals surface area contributed by atoms with Crippen LogP contribution in [0.5, 0.6) is 5.75 Å². The average molecular weight is 474 g/mol. The second kappa shape index (κ2) is 8.74. The van der Waals surface area contributed by atoms with E-state index in [2.05, 4.69) is 14.2 Å². The molecule has 0 fully saturated rings. The Bertz CT molecular complexity index is 1250. The summed E-state index contributed by atoms with van der Waals surface area (Å²) in [4.78, 5) is 18.9. The van der Waals surface area contributed by atoms with Gasteiger partial charge in [-0.2, -0.15) is 21.6 Å². The number of nitrogens with one attached hydrogen (secondary N) is 2. The van der Waals surface area contributed by atoms with Gasteiger partial charge in [0.1, 0.15) is 5.82 Å². The Morgan fingerprint density at radius 1 is 0.969 bits per heavy atom. The molecule has 32 heavy (non-hydrogen) atoms. The van der Waals surface area contributed by atoms with Gasteiger partial charge >= 0.3 is 22.5 Å². The van der Waals surface area contributed by atoms with Gasteiger partial charge in [-0.15, -0.1) is 0 Å². The zero-order chi connectivity index (χ0) is 23.5. The number of hydrogen-bond acceptors (Lipinski definition) is 6. The second-order valence-corrected chi connectivity index (χ2v) is 7.27. The number of nitrogens with zero attached hydrogens (tertiary/aromatic N) is 2. The summed E-state index contributed by atoms with van der Waals surface area (Å²) in [6.45, 7) is 0. The molecule has 2 N–H and O–H groups in total. The highest BCUT2D eigenvalue weighted by Crippen LogP contribution is 2.31. The van der Waals surface area contributed by atoms with Crippen LogP contribution in [0, 0.1) is 11.6 Å². The summed E-state index contributed by atoms with van der Waals surface area (Å²) in [7, 11) is -4.99. The molecule has 0 saturated carbocycles. The first kappa shape index (κ1) is 22.9. The molecule has 0 aliphatic rings. The Balaban J connectivity index is 1.82. The number of aromatic nitrogens is 2. The van der Waals surface area contributed by atoms with Crippen molar-refractivity contribution in [2.24, 2.45) is 0 Å². The van der Waals surface area contributed by atoms with Gasteiger partial charge in [0.05, 0.1) is 5.69 Å². The molecule has 0 atom stereocenters. The van der Waals surface area contributed by atoms with Gasteiger partial charge in [-0.05, 0) is 18.2 Å². The van der Waals surface area contributed by atoms with E-state index in [4.69, 9.17) is 0 Å². The van der Waals surface area contributed by atoms with Crippen LogP contribution < -0.4 is 14.2 Å². The number of hydrogen-bond donors (Lipinski definition) is 2. The van der Waals surface area contributed by atoms with E-state index in [0.717, 1.165) is 0 Å². The largest absolute Gasteiger partial charge is 0.433 e. The third-order valence-electron chi connectivity index (χ3n) is 3.62. The van der Waals surface area contributed by atoms with Crippen LogP contribution in [-0.2, 0) is 16.5 Å². The predicted octanol–water partition coefficient (Wildman–Crippen LogP) is 3.89. The van der Waals surface area contributed by atoms with Crippen LogP contribution in [0.15, 0.2) is 54.6 Å². The molecule has 2 amide bonds. The van der Waals surface area contributed by atoms with E-state index < -0.39 is 51.5 Å². The van der Waals surface area contributed by atoms with E-state index in [0.29, 0.717) is 24.3 Å². The lowest BCUT2D eigenvalue weighted by molar-refractivity contribution is -0.141.